The van der Waals surface area contributed by atoms with Crippen LogP contribution in [-0.2, 0) is 16.2 Å². The highest BCUT2D eigenvalue weighted by Gasteiger charge is 2.42. The summed E-state index contributed by atoms with van der Waals surface area (Å²) >= 11 is 0. The Labute approximate surface area is 205 Å². The molecule has 6 heteroatoms. The Hall–Kier alpha value is -3.41. The Morgan fingerprint density at radius 3 is 2.20 bits per heavy atom. The van der Waals surface area contributed by atoms with Gasteiger partial charge < -0.3 is 14.4 Å². The first-order valence-electron chi connectivity index (χ1n) is 12.4. The first-order valence-corrected chi connectivity index (χ1v) is 12.4. The Morgan fingerprint density at radius 1 is 0.886 bits per heavy atom. The lowest BCUT2D eigenvalue weighted by Crippen LogP contribution is -2.37. The minimum Gasteiger partial charge on any atom is -0.490 e. The van der Waals surface area contributed by atoms with Crippen molar-refractivity contribution in [2.75, 3.05) is 13.7 Å². The molecule has 0 bridgehead atoms. The predicted molar refractivity (Wildman–Crippen MR) is 131 cm³/mol. The molecule has 0 N–H and O–H groups in total. The normalized spacial score (nSPS) is 18.5. The molecule has 2 aliphatic carbocycles. The second-order valence-corrected chi connectivity index (χ2v) is 9.32. The third-order valence-corrected chi connectivity index (χ3v) is 7.13. The highest BCUT2D eigenvalue weighted by atomic mass is 19.1. The van der Waals surface area contributed by atoms with Crippen molar-refractivity contribution in [2.45, 2.75) is 58.0 Å². The molecule has 182 valence electrons. The van der Waals surface area contributed by atoms with Crippen LogP contribution in [0, 0.1) is 5.82 Å². The number of rotatable bonds is 6. The van der Waals surface area contributed by atoms with Crippen LogP contribution in [0.2, 0.25) is 0 Å². The molecule has 5 nitrogen and oxygen atoms in total. The van der Waals surface area contributed by atoms with Crippen molar-refractivity contribution < 1.29 is 23.5 Å². The second-order valence-electron chi connectivity index (χ2n) is 9.32. The van der Waals surface area contributed by atoms with Crippen LogP contribution in [0.15, 0.2) is 65.0 Å². The smallest absolute Gasteiger partial charge is 0.161 e. The fourth-order valence-electron chi connectivity index (χ4n) is 5.57. The van der Waals surface area contributed by atoms with Gasteiger partial charge in [-0.25, -0.2) is 4.39 Å². The zero-order chi connectivity index (χ0) is 24.5. The third-order valence-electron chi connectivity index (χ3n) is 7.13. The molecular formula is C29H30FNO4. The fourth-order valence-corrected chi connectivity index (χ4v) is 5.57. The number of allylic oxidation sites excluding steroid dienone is 4. The summed E-state index contributed by atoms with van der Waals surface area (Å²) in [4.78, 5) is 28.5. The number of ketones is 2. The van der Waals surface area contributed by atoms with Crippen molar-refractivity contribution in [3.05, 3.63) is 81.9 Å². The summed E-state index contributed by atoms with van der Waals surface area (Å²) in [6.45, 7) is 2.54. The summed E-state index contributed by atoms with van der Waals surface area (Å²) < 4.78 is 25.5. The first-order chi connectivity index (χ1) is 17.0. The molecular weight excluding hydrogens is 445 g/mol. The molecule has 0 unspecified atom stereocenters. The van der Waals surface area contributed by atoms with Gasteiger partial charge in [-0.3, -0.25) is 9.59 Å². The van der Waals surface area contributed by atoms with Crippen LogP contribution in [0.25, 0.3) is 0 Å². The number of benzene rings is 2. The van der Waals surface area contributed by atoms with Gasteiger partial charge in [0.1, 0.15) is 12.4 Å². The average molecular weight is 476 g/mol. The van der Waals surface area contributed by atoms with E-state index in [4.69, 9.17) is 9.47 Å². The van der Waals surface area contributed by atoms with Crippen LogP contribution < -0.4 is 9.47 Å². The molecule has 0 atom stereocenters. The molecule has 3 aliphatic rings. The third kappa shape index (κ3) is 4.38. The van der Waals surface area contributed by atoms with Crippen molar-refractivity contribution >= 4 is 11.6 Å². The minimum absolute atomic E-state index is 0.123. The maximum atomic E-state index is 13.6. The quantitative estimate of drug-likeness (QED) is 0.525. The Balaban J connectivity index is 1.55. The molecule has 2 aromatic carbocycles. The van der Waals surface area contributed by atoms with Crippen molar-refractivity contribution in [2.24, 2.45) is 0 Å². The molecule has 35 heavy (non-hydrogen) atoms. The van der Waals surface area contributed by atoms with E-state index < -0.39 is 0 Å². The van der Waals surface area contributed by atoms with E-state index >= 15 is 0 Å². The highest BCUT2D eigenvalue weighted by molar-refractivity contribution is 6.06. The van der Waals surface area contributed by atoms with Gasteiger partial charge in [0, 0.05) is 48.3 Å². The second kappa shape index (κ2) is 9.68. The van der Waals surface area contributed by atoms with E-state index in [1.54, 1.807) is 6.07 Å². The Kier molecular flexibility index (Phi) is 6.46. The van der Waals surface area contributed by atoms with E-state index in [0.29, 0.717) is 30.9 Å². The highest BCUT2D eigenvalue weighted by Crippen LogP contribution is 2.49. The molecule has 0 radical (unpaired) electrons. The summed E-state index contributed by atoms with van der Waals surface area (Å²) in [6.07, 6.45) is 4.36. The van der Waals surface area contributed by atoms with Gasteiger partial charge in [0.2, 0.25) is 0 Å². The zero-order valence-corrected chi connectivity index (χ0v) is 20.2. The van der Waals surface area contributed by atoms with E-state index in [2.05, 4.69) is 4.90 Å². The number of carbonyl (C=O) groups is 2. The van der Waals surface area contributed by atoms with Crippen molar-refractivity contribution in [1.29, 1.82) is 0 Å². The van der Waals surface area contributed by atoms with Crippen LogP contribution in [0.4, 0.5) is 4.39 Å². The van der Waals surface area contributed by atoms with E-state index in [9.17, 15) is 14.0 Å². The van der Waals surface area contributed by atoms with Gasteiger partial charge in [-0.05, 0) is 68.0 Å². The van der Waals surface area contributed by atoms with Gasteiger partial charge in [0.25, 0.3) is 0 Å². The zero-order valence-electron chi connectivity index (χ0n) is 20.2. The number of hydrogen-bond acceptors (Lipinski definition) is 5. The van der Waals surface area contributed by atoms with Gasteiger partial charge in [-0.15, -0.1) is 0 Å². The van der Waals surface area contributed by atoms with Crippen LogP contribution >= 0.6 is 0 Å². The number of Topliss-reactive ketones (excluding diaryl/α,β-unsaturated/α-hetero) is 2. The van der Waals surface area contributed by atoms with Gasteiger partial charge in [-0.2, -0.15) is 0 Å². The lowest BCUT2D eigenvalue weighted by Gasteiger charge is -2.42. The lowest BCUT2D eigenvalue weighted by molar-refractivity contribution is -0.117. The van der Waals surface area contributed by atoms with Crippen molar-refractivity contribution in [3.8, 4) is 11.5 Å². The number of hydrogen-bond donors (Lipinski definition) is 0. The molecule has 5 rings (SSSR count). The fraction of sp³-hybridized carbons (Fsp3) is 0.379. The Morgan fingerprint density at radius 2 is 1.57 bits per heavy atom. The maximum Gasteiger partial charge on any atom is 0.161 e. The molecule has 0 saturated heterocycles. The maximum absolute atomic E-state index is 13.6. The minimum atomic E-state index is -0.381. The number of ether oxygens (including phenoxy) is 2. The molecule has 0 amide bonds. The van der Waals surface area contributed by atoms with Gasteiger partial charge >= 0.3 is 0 Å². The molecule has 0 saturated carbocycles. The SMILES string of the molecule is CCOc1cc(C2C3=C(CCCC3=O)N(C)C3=C2C(=O)CCC3)ccc1OCc1cccc(F)c1. The van der Waals surface area contributed by atoms with E-state index in [-0.39, 0.29) is 29.9 Å². The van der Waals surface area contributed by atoms with Gasteiger partial charge in [-0.1, -0.05) is 18.2 Å². The molecule has 1 heterocycles. The number of carbonyl (C=O) groups excluding carboxylic acids is 2. The largest absolute Gasteiger partial charge is 0.490 e. The molecule has 0 spiro atoms. The molecule has 1 aliphatic heterocycles. The van der Waals surface area contributed by atoms with Gasteiger partial charge in [0.15, 0.2) is 23.1 Å². The van der Waals surface area contributed by atoms with E-state index in [1.807, 2.05) is 38.2 Å². The van der Waals surface area contributed by atoms with Crippen molar-refractivity contribution in [3.63, 3.8) is 0 Å². The standard InChI is InChI=1S/C29H30FNO4/c1-3-34-26-16-19(13-14-25(26)35-17-18-7-4-8-20(30)15-18)27-28-21(9-5-11-23(28)32)31(2)22-10-6-12-24(33)29(22)27/h4,7-8,13-16,27H,3,5-6,9-12,17H2,1-2H3. The molecule has 0 fully saturated rings. The first kappa shape index (κ1) is 23.3. The summed E-state index contributed by atoms with van der Waals surface area (Å²) in [5.74, 6) is 0.650. The monoisotopic (exact) mass is 475 g/mol. The number of halogens is 1. The van der Waals surface area contributed by atoms with Crippen LogP contribution in [0.1, 0.15) is 62.5 Å². The van der Waals surface area contributed by atoms with Gasteiger partial charge in [0.05, 0.1) is 6.61 Å². The topological polar surface area (TPSA) is 55.8 Å². The number of nitrogens with zero attached hydrogens (tertiary/aromatic N) is 1. The van der Waals surface area contributed by atoms with E-state index in [1.165, 1.54) is 12.1 Å². The lowest BCUT2D eigenvalue weighted by atomic mass is 9.71. The molecule has 2 aromatic rings. The summed E-state index contributed by atoms with van der Waals surface area (Å²) in [6, 6.07) is 12.0. The summed E-state index contributed by atoms with van der Waals surface area (Å²) in [7, 11) is 1.99. The van der Waals surface area contributed by atoms with Crippen molar-refractivity contribution in [1.82, 2.24) is 4.90 Å². The van der Waals surface area contributed by atoms with E-state index in [0.717, 1.165) is 59.4 Å². The van der Waals surface area contributed by atoms with Crippen LogP contribution in [0.5, 0.6) is 11.5 Å². The van der Waals surface area contributed by atoms with Crippen LogP contribution in [0.3, 0.4) is 0 Å². The summed E-state index contributed by atoms with van der Waals surface area (Å²) in [5, 5.41) is 0. The predicted octanol–water partition coefficient (Wildman–Crippen LogP) is 5.85. The molecule has 0 aromatic heterocycles. The summed E-state index contributed by atoms with van der Waals surface area (Å²) in [5.41, 5.74) is 5.18. The average Bonchev–Trinajstić information content (AvgIpc) is 2.85. The van der Waals surface area contributed by atoms with Crippen LogP contribution in [-0.4, -0.2) is 30.1 Å². The Bertz CT molecular complexity index is 1200.